The Morgan fingerprint density at radius 3 is 2.02 bits per heavy atom. The standard InChI is InChI=1S/C19H29N3O2.C13H23N3O3.C3H8.C2H6/c1-18(2,3)16(14-23)21-17(24)22-19(9-5-4-6-10-19)13-15-7-11-20-12-8-15;1-8(2)7-9(11(17)12(14)18)15-13(19)10-5-4-6-16(10)3;1-3-2;1-2/h7-8,11-12,14,16H,4-6,9-10,13H2,1-3H3,(H2,21,22,24);8-10H,4-7H2,1-3H3,(H2,14,18)(H,15,19);3H2,1-2H3;1-2H3. The zero-order valence-corrected chi connectivity index (χ0v) is 31.5. The van der Waals surface area contributed by atoms with E-state index < -0.39 is 23.8 Å². The van der Waals surface area contributed by atoms with Crippen LogP contribution >= 0.6 is 0 Å². The SMILES string of the molecule is CC.CC(C)(C)C(C=O)NC(=O)NC1(Cc2ccncc2)CCCCC1.CC(C)CC(NC(=O)C1CCCN1C)C(=O)C(N)=O.CCC. The van der Waals surface area contributed by atoms with E-state index in [4.69, 9.17) is 5.73 Å². The fraction of sp³-hybridized carbons (Fsp3) is 0.730. The first-order chi connectivity index (χ1) is 22.6. The molecule has 1 aliphatic heterocycles. The van der Waals surface area contributed by atoms with Gasteiger partial charge in [-0.1, -0.05) is 88.0 Å². The smallest absolute Gasteiger partial charge is 0.315 e. The van der Waals surface area contributed by atoms with E-state index in [0.29, 0.717) is 6.42 Å². The highest BCUT2D eigenvalue weighted by atomic mass is 16.2. The van der Waals surface area contributed by atoms with Crippen molar-refractivity contribution >= 4 is 29.9 Å². The van der Waals surface area contributed by atoms with Crippen LogP contribution in [0.15, 0.2) is 24.5 Å². The molecule has 2 fully saturated rings. The summed E-state index contributed by atoms with van der Waals surface area (Å²) in [5, 5.41) is 8.69. The van der Waals surface area contributed by atoms with Gasteiger partial charge in [0.15, 0.2) is 0 Å². The van der Waals surface area contributed by atoms with Gasteiger partial charge in [0.2, 0.25) is 11.7 Å². The number of carbonyl (C=O) groups is 5. The fourth-order valence-electron chi connectivity index (χ4n) is 5.72. The Kier molecular flexibility index (Phi) is 21.5. The summed E-state index contributed by atoms with van der Waals surface area (Å²) in [4.78, 5) is 64.7. The van der Waals surface area contributed by atoms with Gasteiger partial charge in [0.1, 0.15) is 6.29 Å². The number of nitrogens with two attached hydrogens (primary N) is 1. The molecule has 0 radical (unpaired) electrons. The van der Waals surface area contributed by atoms with E-state index in [0.717, 1.165) is 57.8 Å². The van der Waals surface area contributed by atoms with Gasteiger partial charge in [0.05, 0.1) is 18.1 Å². The monoisotopic (exact) mass is 675 g/mol. The molecule has 11 heteroatoms. The van der Waals surface area contributed by atoms with E-state index in [1.807, 2.05) is 72.5 Å². The summed E-state index contributed by atoms with van der Waals surface area (Å²) >= 11 is 0. The summed E-state index contributed by atoms with van der Waals surface area (Å²) in [6, 6.07) is 2.23. The third-order valence-corrected chi connectivity index (χ3v) is 8.24. The van der Waals surface area contributed by atoms with Crippen molar-refractivity contribution in [3.63, 3.8) is 0 Å². The maximum atomic E-state index is 12.5. The van der Waals surface area contributed by atoms with Crippen LogP contribution in [0.2, 0.25) is 0 Å². The summed E-state index contributed by atoms with van der Waals surface area (Å²) in [5.41, 5.74) is 5.65. The maximum Gasteiger partial charge on any atom is 0.315 e. The fourth-order valence-corrected chi connectivity index (χ4v) is 5.72. The van der Waals surface area contributed by atoms with Crippen LogP contribution in [0.5, 0.6) is 0 Å². The second-order valence-corrected chi connectivity index (χ2v) is 14.2. The molecule has 11 nitrogen and oxygen atoms in total. The van der Waals surface area contributed by atoms with Gasteiger partial charge in [-0.25, -0.2) is 4.79 Å². The molecule has 4 amide bonds. The average molecular weight is 675 g/mol. The highest BCUT2D eigenvalue weighted by Crippen LogP contribution is 2.31. The Hall–Kier alpha value is -3.34. The maximum absolute atomic E-state index is 12.5. The lowest BCUT2D eigenvalue weighted by Gasteiger charge is -2.39. The van der Waals surface area contributed by atoms with Gasteiger partial charge in [-0.05, 0) is 81.1 Å². The minimum absolute atomic E-state index is 0.190. The molecule has 274 valence electrons. The number of likely N-dealkylation sites (N-methyl/N-ethyl adjacent to an activating group) is 1. The number of likely N-dealkylation sites (tertiary alicyclic amines) is 1. The second-order valence-electron chi connectivity index (χ2n) is 14.2. The summed E-state index contributed by atoms with van der Waals surface area (Å²) in [6.07, 6.45) is 14.0. The highest BCUT2D eigenvalue weighted by Gasteiger charge is 2.36. The number of nitrogens with one attached hydrogen (secondary N) is 3. The number of hydrogen-bond donors (Lipinski definition) is 4. The Balaban J connectivity index is 0.000000829. The molecular formula is C37H66N6O5. The normalized spacial score (nSPS) is 18.2. The number of carbonyl (C=O) groups excluding carboxylic acids is 5. The Morgan fingerprint density at radius 1 is 1.02 bits per heavy atom. The van der Waals surface area contributed by atoms with Crippen LogP contribution in [0.4, 0.5) is 4.79 Å². The molecule has 3 rings (SSSR count). The molecule has 0 aromatic carbocycles. The Labute approximate surface area is 290 Å². The number of aromatic nitrogens is 1. The third kappa shape index (κ3) is 16.7. The number of ketones is 1. The number of urea groups is 1. The lowest BCUT2D eigenvalue weighted by atomic mass is 9.77. The largest absolute Gasteiger partial charge is 0.363 e. The Morgan fingerprint density at radius 2 is 1.58 bits per heavy atom. The van der Waals surface area contributed by atoms with E-state index in [1.54, 1.807) is 12.4 Å². The van der Waals surface area contributed by atoms with Crippen LogP contribution in [0.25, 0.3) is 0 Å². The van der Waals surface area contributed by atoms with Crippen LogP contribution in [0.1, 0.15) is 126 Å². The number of nitrogens with zero attached hydrogens (tertiary/aromatic N) is 2. The molecule has 3 atom stereocenters. The van der Waals surface area contributed by atoms with Crippen LogP contribution in [0, 0.1) is 11.3 Å². The number of pyridine rings is 1. The van der Waals surface area contributed by atoms with Gasteiger partial charge in [0, 0.05) is 17.9 Å². The van der Waals surface area contributed by atoms with Crippen molar-refractivity contribution in [2.24, 2.45) is 17.1 Å². The van der Waals surface area contributed by atoms with Crippen LogP contribution < -0.4 is 21.7 Å². The minimum atomic E-state index is -0.995. The Bertz CT molecular complexity index is 1100. The molecule has 2 aliphatic rings. The first kappa shape index (κ1) is 44.7. The van der Waals surface area contributed by atoms with Crippen molar-refractivity contribution in [1.29, 1.82) is 0 Å². The number of aldehydes is 1. The molecule has 1 aromatic heterocycles. The lowest BCUT2D eigenvalue weighted by Crippen LogP contribution is -2.57. The molecule has 2 heterocycles. The van der Waals surface area contributed by atoms with E-state index in [9.17, 15) is 24.0 Å². The summed E-state index contributed by atoms with van der Waals surface area (Å²) in [7, 11) is 1.88. The van der Waals surface area contributed by atoms with Crippen LogP contribution in [0.3, 0.4) is 0 Å². The zero-order valence-electron chi connectivity index (χ0n) is 31.5. The van der Waals surface area contributed by atoms with Gasteiger partial charge in [-0.15, -0.1) is 0 Å². The molecule has 3 unspecified atom stereocenters. The van der Waals surface area contributed by atoms with Gasteiger partial charge in [-0.2, -0.15) is 0 Å². The van der Waals surface area contributed by atoms with Crippen molar-refractivity contribution in [2.45, 2.75) is 150 Å². The van der Waals surface area contributed by atoms with Crippen molar-refractivity contribution in [3.8, 4) is 0 Å². The van der Waals surface area contributed by atoms with Gasteiger partial charge in [-0.3, -0.25) is 24.3 Å². The quantitative estimate of drug-likeness (QED) is 0.182. The average Bonchev–Trinajstić information content (AvgIpc) is 3.46. The third-order valence-electron chi connectivity index (χ3n) is 8.24. The predicted molar refractivity (Wildman–Crippen MR) is 193 cm³/mol. The molecular weight excluding hydrogens is 608 g/mol. The topological polar surface area (TPSA) is 164 Å². The first-order valence-corrected chi connectivity index (χ1v) is 17.9. The lowest BCUT2D eigenvalue weighted by molar-refractivity contribution is -0.139. The van der Waals surface area contributed by atoms with E-state index in [1.165, 1.54) is 18.4 Å². The first-order valence-electron chi connectivity index (χ1n) is 17.9. The molecule has 1 saturated heterocycles. The van der Waals surface area contributed by atoms with Crippen molar-refractivity contribution in [3.05, 3.63) is 30.1 Å². The van der Waals surface area contributed by atoms with Crippen molar-refractivity contribution in [2.75, 3.05) is 13.6 Å². The van der Waals surface area contributed by atoms with Gasteiger partial charge in [0.25, 0.3) is 5.91 Å². The molecule has 1 aromatic rings. The molecule has 1 aliphatic carbocycles. The highest BCUT2D eigenvalue weighted by molar-refractivity contribution is 6.37. The number of rotatable bonds is 11. The summed E-state index contributed by atoms with van der Waals surface area (Å²) in [6.45, 7) is 18.8. The number of Topliss-reactive ketones (excluding diaryl/α,β-unsaturated/α-hetero) is 1. The van der Waals surface area contributed by atoms with Crippen LogP contribution in [-0.2, 0) is 25.6 Å². The second kappa shape index (κ2) is 23.1. The molecule has 0 spiro atoms. The molecule has 5 N–H and O–H groups in total. The van der Waals surface area contributed by atoms with Crippen molar-refractivity contribution < 1.29 is 24.0 Å². The predicted octanol–water partition coefficient (Wildman–Crippen LogP) is 5.35. The van der Waals surface area contributed by atoms with Crippen molar-refractivity contribution in [1.82, 2.24) is 25.8 Å². The zero-order chi connectivity index (χ0) is 36.9. The number of primary amides is 1. The molecule has 0 bridgehead atoms. The molecule has 1 saturated carbocycles. The summed E-state index contributed by atoms with van der Waals surface area (Å²) in [5.74, 6) is -1.72. The van der Waals surface area contributed by atoms with E-state index in [2.05, 4.69) is 34.8 Å². The summed E-state index contributed by atoms with van der Waals surface area (Å²) < 4.78 is 0. The van der Waals surface area contributed by atoms with E-state index in [-0.39, 0.29) is 34.9 Å². The number of hydrogen-bond acceptors (Lipinski definition) is 7. The van der Waals surface area contributed by atoms with Gasteiger partial charge < -0.3 is 26.5 Å². The molecule has 48 heavy (non-hydrogen) atoms. The van der Waals surface area contributed by atoms with Gasteiger partial charge >= 0.3 is 6.03 Å². The number of amides is 4. The minimum Gasteiger partial charge on any atom is -0.363 e. The van der Waals surface area contributed by atoms with E-state index >= 15 is 0 Å². The van der Waals surface area contributed by atoms with Crippen LogP contribution in [-0.4, -0.2) is 77.1 Å².